The van der Waals surface area contributed by atoms with Crippen molar-refractivity contribution in [1.29, 1.82) is 0 Å². The molecule has 0 atom stereocenters. The van der Waals surface area contributed by atoms with Gasteiger partial charge in [0.2, 0.25) is 0 Å². The zero-order valence-electron chi connectivity index (χ0n) is 8.56. The van der Waals surface area contributed by atoms with E-state index < -0.39 is 0 Å². The lowest BCUT2D eigenvalue weighted by Gasteiger charge is -2.04. The van der Waals surface area contributed by atoms with E-state index in [-0.39, 0.29) is 0 Å². The molecule has 1 aromatic heterocycles. The van der Waals surface area contributed by atoms with Crippen molar-refractivity contribution < 1.29 is 9.47 Å². The quantitative estimate of drug-likeness (QED) is 0.690. The first-order valence-corrected chi connectivity index (χ1v) is 4.81. The molecule has 1 heterocycles. The highest BCUT2D eigenvalue weighted by atomic mass is 16.5. The molecule has 1 rings (SSSR count). The number of nitrogens with zero attached hydrogens (tertiary/aromatic N) is 3. The Morgan fingerprint density at radius 1 is 1.00 bits per heavy atom. The molecule has 78 valence electrons. The second-order valence-corrected chi connectivity index (χ2v) is 2.75. The van der Waals surface area contributed by atoms with Crippen LogP contribution in [0.2, 0.25) is 0 Å². The molecule has 0 aromatic carbocycles. The summed E-state index contributed by atoms with van der Waals surface area (Å²) in [6, 6.07) is 0.654. The van der Waals surface area contributed by atoms with E-state index in [0.29, 0.717) is 25.2 Å². The summed E-state index contributed by atoms with van der Waals surface area (Å²) in [6.07, 6.45) is 3.25. The minimum atomic E-state index is 0.327. The Bertz CT molecular complexity index is 245. The van der Waals surface area contributed by atoms with Crippen LogP contribution in [0, 0.1) is 0 Å². The average Bonchev–Trinajstić information content (AvgIpc) is 2.24. The Morgan fingerprint density at radius 2 is 1.50 bits per heavy atom. The lowest BCUT2D eigenvalue weighted by molar-refractivity contribution is 0.261. The molecule has 0 amide bonds. The molecular weight excluding hydrogens is 182 g/mol. The van der Waals surface area contributed by atoms with E-state index in [1.54, 1.807) is 0 Å². The number of hydrogen-bond donors (Lipinski definition) is 0. The smallest absolute Gasteiger partial charge is 0.322 e. The molecule has 5 heteroatoms. The first-order chi connectivity index (χ1) is 6.86. The molecule has 0 radical (unpaired) electrons. The Balaban J connectivity index is 2.50. The van der Waals surface area contributed by atoms with Gasteiger partial charge >= 0.3 is 12.0 Å². The molecule has 0 aliphatic heterocycles. The topological polar surface area (TPSA) is 57.1 Å². The van der Waals surface area contributed by atoms with Crippen LogP contribution in [-0.4, -0.2) is 28.2 Å². The fourth-order valence-electron chi connectivity index (χ4n) is 0.793. The minimum absolute atomic E-state index is 0.327. The summed E-state index contributed by atoms with van der Waals surface area (Å²) in [6.45, 7) is 5.26. The van der Waals surface area contributed by atoms with Gasteiger partial charge in [0.1, 0.15) is 6.33 Å². The highest BCUT2D eigenvalue weighted by molar-refractivity contribution is 4.99. The first-order valence-electron chi connectivity index (χ1n) is 4.81. The van der Waals surface area contributed by atoms with Crippen LogP contribution in [0.3, 0.4) is 0 Å². The molecule has 0 spiro atoms. The Labute approximate surface area is 83.5 Å². The van der Waals surface area contributed by atoms with Crippen molar-refractivity contribution in [1.82, 2.24) is 15.0 Å². The maximum absolute atomic E-state index is 5.23. The number of rotatable bonds is 6. The van der Waals surface area contributed by atoms with Crippen molar-refractivity contribution in [2.24, 2.45) is 0 Å². The van der Waals surface area contributed by atoms with Crippen molar-refractivity contribution in [2.75, 3.05) is 13.2 Å². The van der Waals surface area contributed by atoms with Crippen LogP contribution in [0.5, 0.6) is 12.0 Å². The molecule has 0 saturated carbocycles. The van der Waals surface area contributed by atoms with Crippen LogP contribution in [0.4, 0.5) is 0 Å². The number of aromatic nitrogens is 3. The molecule has 0 N–H and O–H groups in total. The summed E-state index contributed by atoms with van der Waals surface area (Å²) in [5, 5.41) is 0. The van der Waals surface area contributed by atoms with Gasteiger partial charge < -0.3 is 9.47 Å². The predicted molar refractivity (Wildman–Crippen MR) is 51.4 cm³/mol. The molecule has 0 saturated heterocycles. The van der Waals surface area contributed by atoms with Crippen molar-refractivity contribution >= 4 is 0 Å². The van der Waals surface area contributed by atoms with Crippen LogP contribution in [0.1, 0.15) is 26.7 Å². The third-order valence-electron chi connectivity index (χ3n) is 1.40. The van der Waals surface area contributed by atoms with Gasteiger partial charge in [-0.05, 0) is 12.8 Å². The molecule has 0 unspecified atom stereocenters. The fraction of sp³-hybridized carbons (Fsp3) is 0.667. The Hall–Kier alpha value is -1.39. The molecule has 0 bridgehead atoms. The van der Waals surface area contributed by atoms with E-state index >= 15 is 0 Å². The maximum Gasteiger partial charge on any atom is 0.322 e. The summed E-state index contributed by atoms with van der Waals surface area (Å²) in [5.74, 6) is 0. The lowest BCUT2D eigenvalue weighted by Crippen LogP contribution is -2.04. The molecule has 0 fully saturated rings. The molecular formula is C9H15N3O2. The Morgan fingerprint density at radius 3 is 1.93 bits per heavy atom. The largest absolute Gasteiger partial charge is 0.463 e. The van der Waals surface area contributed by atoms with Crippen LogP contribution in [0.15, 0.2) is 6.33 Å². The van der Waals surface area contributed by atoms with Crippen LogP contribution in [0.25, 0.3) is 0 Å². The summed E-state index contributed by atoms with van der Waals surface area (Å²) >= 11 is 0. The van der Waals surface area contributed by atoms with Crippen molar-refractivity contribution in [3.63, 3.8) is 0 Å². The molecule has 14 heavy (non-hydrogen) atoms. The van der Waals surface area contributed by atoms with E-state index in [2.05, 4.69) is 15.0 Å². The van der Waals surface area contributed by atoms with Gasteiger partial charge in [-0.1, -0.05) is 13.8 Å². The van der Waals surface area contributed by atoms with E-state index in [9.17, 15) is 0 Å². The van der Waals surface area contributed by atoms with Gasteiger partial charge in [-0.2, -0.15) is 9.97 Å². The predicted octanol–water partition coefficient (Wildman–Crippen LogP) is 1.45. The van der Waals surface area contributed by atoms with Crippen molar-refractivity contribution in [3.05, 3.63) is 6.33 Å². The second kappa shape index (κ2) is 6.12. The third-order valence-corrected chi connectivity index (χ3v) is 1.40. The van der Waals surface area contributed by atoms with Crippen molar-refractivity contribution in [3.8, 4) is 12.0 Å². The monoisotopic (exact) mass is 197 g/mol. The minimum Gasteiger partial charge on any atom is -0.463 e. The normalized spacial score (nSPS) is 9.86. The van der Waals surface area contributed by atoms with Gasteiger partial charge in [0, 0.05) is 0 Å². The maximum atomic E-state index is 5.23. The number of ether oxygens (including phenoxy) is 2. The Kier molecular flexibility index (Phi) is 4.68. The molecule has 5 nitrogen and oxygen atoms in total. The van der Waals surface area contributed by atoms with Gasteiger partial charge in [-0.3, -0.25) is 0 Å². The van der Waals surface area contributed by atoms with Gasteiger partial charge in [-0.15, -0.1) is 4.98 Å². The van der Waals surface area contributed by atoms with Gasteiger partial charge in [-0.25, -0.2) is 0 Å². The SMILES string of the molecule is CCCOc1ncnc(OCCC)n1. The zero-order valence-corrected chi connectivity index (χ0v) is 8.56. The average molecular weight is 197 g/mol. The van der Waals surface area contributed by atoms with Crippen LogP contribution >= 0.6 is 0 Å². The third kappa shape index (κ3) is 3.55. The molecule has 0 aliphatic carbocycles. The van der Waals surface area contributed by atoms with Crippen molar-refractivity contribution in [2.45, 2.75) is 26.7 Å². The van der Waals surface area contributed by atoms with Crippen LogP contribution in [-0.2, 0) is 0 Å². The summed E-state index contributed by atoms with van der Waals surface area (Å²) in [7, 11) is 0. The first kappa shape index (κ1) is 10.7. The van der Waals surface area contributed by atoms with E-state index in [0.717, 1.165) is 12.8 Å². The summed E-state index contributed by atoms with van der Waals surface area (Å²) < 4.78 is 10.5. The summed E-state index contributed by atoms with van der Waals surface area (Å²) in [4.78, 5) is 11.7. The number of hydrogen-bond acceptors (Lipinski definition) is 5. The highest BCUT2D eigenvalue weighted by Gasteiger charge is 2.01. The standard InChI is InChI=1S/C9H15N3O2/c1-3-5-13-8-10-7-11-9(12-8)14-6-4-2/h7H,3-6H2,1-2H3. The summed E-state index contributed by atoms with van der Waals surface area (Å²) in [5.41, 5.74) is 0. The van der Waals surface area contributed by atoms with E-state index in [1.807, 2.05) is 13.8 Å². The highest BCUT2D eigenvalue weighted by Crippen LogP contribution is 2.06. The lowest BCUT2D eigenvalue weighted by atomic mass is 10.5. The molecule has 1 aromatic rings. The van der Waals surface area contributed by atoms with Gasteiger partial charge in [0.25, 0.3) is 0 Å². The fourth-order valence-corrected chi connectivity index (χ4v) is 0.793. The van der Waals surface area contributed by atoms with E-state index in [4.69, 9.17) is 9.47 Å². The van der Waals surface area contributed by atoms with Gasteiger partial charge in [0.05, 0.1) is 13.2 Å². The van der Waals surface area contributed by atoms with Gasteiger partial charge in [0.15, 0.2) is 0 Å². The zero-order chi connectivity index (χ0) is 10.2. The molecule has 0 aliphatic rings. The second-order valence-electron chi connectivity index (χ2n) is 2.75. The van der Waals surface area contributed by atoms with E-state index in [1.165, 1.54) is 6.33 Å². The van der Waals surface area contributed by atoms with Crippen LogP contribution < -0.4 is 9.47 Å².